The standard InChI is InChI=1S/C13H11FN2O2/c1-16-13(9-2-5-11(14)6-3-9)10(8-15-16)4-7-12(17)18/h2-8H,1H3,(H,17,18)/b7-4+. The summed E-state index contributed by atoms with van der Waals surface area (Å²) >= 11 is 0. The Labute approximate surface area is 103 Å². The first-order valence-electron chi connectivity index (χ1n) is 5.27. The average Bonchev–Trinajstić information content (AvgIpc) is 2.69. The molecule has 0 aliphatic heterocycles. The number of nitrogens with zero attached hydrogens (tertiary/aromatic N) is 2. The number of hydrogen-bond acceptors (Lipinski definition) is 2. The molecule has 0 saturated heterocycles. The summed E-state index contributed by atoms with van der Waals surface area (Å²) in [6.07, 6.45) is 4.08. The van der Waals surface area contributed by atoms with Crippen molar-refractivity contribution >= 4 is 12.0 Å². The molecule has 0 radical (unpaired) electrons. The minimum atomic E-state index is -1.02. The Kier molecular flexibility index (Phi) is 3.23. The lowest BCUT2D eigenvalue weighted by Gasteiger charge is -2.03. The molecule has 0 unspecified atom stereocenters. The lowest BCUT2D eigenvalue weighted by atomic mass is 10.1. The molecular weight excluding hydrogens is 235 g/mol. The lowest BCUT2D eigenvalue weighted by Crippen LogP contribution is -1.94. The second-order valence-corrected chi connectivity index (χ2v) is 3.75. The van der Waals surface area contributed by atoms with E-state index in [2.05, 4.69) is 5.10 Å². The van der Waals surface area contributed by atoms with E-state index in [0.29, 0.717) is 5.56 Å². The summed E-state index contributed by atoms with van der Waals surface area (Å²) in [5, 5.41) is 12.7. The number of halogens is 1. The van der Waals surface area contributed by atoms with E-state index in [0.717, 1.165) is 17.3 Å². The maximum atomic E-state index is 12.9. The number of aryl methyl sites for hydroxylation is 1. The minimum absolute atomic E-state index is 0.316. The van der Waals surface area contributed by atoms with Gasteiger partial charge in [-0.25, -0.2) is 9.18 Å². The van der Waals surface area contributed by atoms with Crippen LogP contribution < -0.4 is 0 Å². The van der Waals surface area contributed by atoms with Crippen LogP contribution >= 0.6 is 0 Å². The van der Waals surface area contributed by atoms with Gasteiger partial charge in [0.2, 0.25) is 0 Å². The normalized spacial score (nSPS) is 11.0. The van der Waals surface area contributed by atoms with Gasteiger partial charge in [0.05, 0.1) is 11.9 Å². The van der Waals surface area contributed by atoms with Crippen molar-refractivity contribution in [3.63, 3.8) is 0 Å². The fraction of sp³-hybridized carbons (Fsp3) is 0.0769. The van der Waals surface area contributed by atoms with Crippen LogP contribution in [0.2, 0.25) is 0 Å². The van der Waals surface area contributed by atoms with Gasteiger partial charge in [0.15, 0.2) is 0 Å². The molecule has 0 amide bonds. The van der Waals surface area contributed by atoms with Crippen LogP contribution in [0.15, 0.2) is 36.5 Å². The van der Waals surface area contributed by atoms with Crippen LogP contribution in [-0.4, -0.2) is 20.9 Å². The maximum absolute atomic E-state index is 12.9. The number of carbonyl (C=O) groups is 1. The predicted octanol–water partition coefficient (Wildman–Crippen LogP) is 2.32. The van der Waals surface area contributed by atoms with Crippen molar-refractivity contribution in [3.8, 4) is 11.3 Å². The highest BCUT2D eigenvalue weighted by molar-refractivity contribution is 5.87. The second-order valence-electron chi connectivity index (χ2n) is 3.75. The zero-order chi connectivity index (χ0) is 13.1. The molecule has 18 heavy (non-hydrogen) atoms. The summed E-state index contributed by atoms with van der Waals surface area (Å²) in [4.78, 5) is 10.5. The van der Waals surface area contributed by atoms with E-state index >= 15 is 0 Å². The highest BCUT2D eigenvalue weighted by Crippen LogP contribution is 2.24. The van der Waals surface area contributed by atoms with Crippen LogP contribution in [0.4, 0.5) is 4.39 Å². The number of carboxylic acid groups (broad SMARTS) is 1. The molecule has 92 valence electrons. The van der Waals surface area contributed by atoms with Gasteiger partial charge in [-0.1, -0.05) is 0 Å². The third-order valence-corrected chi connectivity index (χ3v) is 2.49. The van der Waals surface area contributed by atoms with Crippen LogP contribution in [-0.2, 0) is 11.8 Å². The molecule has 0 aliphatic rings. The maximum Gasteiger partial charge on any atom is 0.328 e. The van der Waals surface area contributed by atoms with Crippen molar-refractivity contribution < 1.29 is 14.3 Å². The molecule has 2 rings (SSSR count). The smallest absolute Gasteiger partial charge is 0.328 e. The molecule has 0 atom stereocenters. The number of aromatic nitrogens is 2. The van der Waals surface area contributed by atoms with E-state index in [4.69, 9.17) is 5.11 Å². The van der Waals surface area contributed by atoms with Crippen LogP contribution in [0.5, 0.6) is 0 Å². The Morgan fingerprint density at radius 1 is 1.39 bits per heavy atom. The van der Waals surface area contributed by atoms with Crippen LogP contribution in [0.3, 0.4) is 0 Å². The number of carboxylic acids is 1. The molecule has 0 spiro atoms. The van der Waals surface area contributed by atoms with Crippen molar-refractivity contribution in [1.29, 1.82) is 0 Å². The Balaban J connectivity index is 2.46. The molecule has 0 aliphatic carbocycles. The third kappa shape index (κ3) is 2.45. The molecule has 1 heterocycles. The molecule has 4 nitrogen and oxygen atoms in total. The van der Waals surface area contributed by atoms with Crippen molar-refractivity contribution in [1.82, 2.24) is 9.78 Å². The van der Waals surface area contributed by atoms with Crippen LogP contribution in [0, 0.1) is 5.82 Å². The van der Waals surface area contributed by atoms with Gasteiger partial charge in [-0.15, -0.1) is 0 Å². The van der Waals surface area contributed by atoms with Gasteiger partial charge in [-0.3, -0.25) is 4.68 Å². The Hall–Kier alpha value is -2.43. The number of aliphatic carboxylic acids is 1. The summed E-state index contributed by atoms with van der Waals surface area (Å²) < 4.78 is 14.5. The monoisotopic (exact) mass is 246 g/mol. The van der Waals surface area contributed by atoms with Crippen molar-refractivity contribution in [2.24, 2.45) is 7.05 Å². The molecule has 0 bridgehead atoms. The first-order valence-corrected chi connectivity index (χ1v) is 5.27. The molecule has 2 aromatic rings. The van der Waals surface area contributed by atoms with Gasteiger partial charge in [-0.2, -0.15) is 5.10 Å². The van der Waals surface area contributed by atoms with Crippen LogP contribution in [0.1, 0.15) is 5.56 Å². The number of benzene rings is 1. The van der Waals surface area contributed by atoms with Gasteiger partial charge in [0.1, 0.15) is 5.82 Å². The fourth-order valence-electron chi connectivity index (χ4n) is 1.70. The quantitative estimate of drug-likeness (QED) is 0.845. The van der Waals surface area contributed by atoms with Gasteiger partial charge < -0.3 is 5.11 Å². The number of hydrogen-bond donors (Lipinski definition) is 1. The highest BCUT2D eigenvalue weighted by Gasteiger charge is 2.09. The average molecular weight is 246 g/mol. The molecule has 0 fully saturated rings. The first kappa shape index (κ1) is 12.0. The predicted molar refractivity (Wildman–Crippen MR) is 65.3 cm³/mol. The summed E-state index contributed by atoms with van der Waals surface area (Å²) in [7, 11) is 1.75. The van der Waals surface area contributed by atoms with Crippen molar-refractivity contribution in [3.05, 3.63) is 47.9 Å². The summed E-state index contributed by atoms with van der Waals surface area (Å²) in [5.74, 6) is -1.34. The minimum Gasteiger partial charge on any atom is -0.478 e. The zero-order valence-electron chi connectivity index (χ0n) is 9.67. The van der Waals surface area contributed by atoms with E-state index < -0.39 is 5.97 Å². The molecule has 1 aromatic heterocycles. The number of rotatable bonds is 3. The van der Waals surface area contributed by atoms with Gasteiger partial charge >= 0.3 is 5.97 Å². The van der Waals surface area contributed by atoms with E-state index in [9.17, 15) is 9.18 Å². The fourth-order valence-corrected chi connectivity index (χ4v) is 1.70. The summed E-state index contributed by atoms with van der Waals surface area (Å²) in [5.41, 5.74) is 2.19. The molecule has 5 heteroatoms. The molecule has 1 aromatic carbocycles. The Bertz CT molecular complexity index is 600. The van der Waals surface area contributed by atoms with Crippen LogP contribution in [0.25, 0.3) is 17.3 Å². The Morgan fingerprint density at radius 3 is 2.67 bits per heavy atom. The summed E-state index contributed by atoms with van der Waals surface area (Å²) in [6.45, 7) is 0. The molecular formula is C13H11FN2O2. The SMILES string of the molecule is Cn1ncc(/C=C/C(=O)O)c1-c1ccc(F)cc1. The van der Waals surface area contributed by atoms with Crippen molar-refractivity contribution in [2.75, 3.05) is 0 Å². The lowest BCUT2D eigenvalue weighted by molar-refractivity contribution is -0.131. The van der Waals surface area contributed by atoms with E-state index in [1.807, 2.05) is 0 Å². The topological polar surface area (TPSA) is 55.1 Å². The van der Waals surface area contributed by atoms with Gasteiger partial charge in [-0.05, 0) is 30.3 Å². The van der Waals surface area contributed by atoms with Gasteiger partial charge in [0, 0.05) is 24.3 Å². The van der Waals surface area contributed by atoms with E-state index in [-0.39, 0.29) is 5.82 Å². The second kappa shape index (κ2) is 4.83. The largest absolute Gasteiger partial charge is 0.478 e. The molecule has 1 N–H and O–H groups in total. The first-order chi connectivity index (χ1) is 8.58. The van der Waals surface area contributed by atoms with Crippen molar-refractivity contribution in [2.45, 2.75) is 0 Å². The van der Waals surface area contributed by atoms with Gasteiger partial charge in [0.25, 0.3) is 0 Å². The zero-order valence-corrected chi connectivity index (χ0v) is 9.67. The molecule has 0 saturated carbocycles. The van der Waals surface area contributed by atoms with E-state index in [1.54, 1.807) is 30.1 Å². The highest BCUT2D eigenvalue weighted by atomic mass is 19.1. The third-order valence-electron chi connectivity index (χ3n) is 2.49. The van der Waals surface area contributed by atoms with E-state index in [1.165, 1.54) is 18.2 Å². The Morgan fingerprint density at radius 2 is 2.06 bits per heavy atom. The summed E-state index contributed by atoms with van der Waals surface area (Å²) in [6, 6.07) is 5.97.